The third-order valence-electron chi connectivity index (χ3n) is 5.93. The summed E-state index contributed by atoms with van der Waals surface area (Å²) in [5.41, 5.74) is 2.03. The Balaban J connectivity index is 1.45. The molecule has 0 aliphatic carbocycles. The first-order chi connectivity index (χ1) is 13.9. The van der Waals surface area contributed by atoms with Gasteiger partial charge in [-0.25, -0.2) is 13.2 Å². The van der Waals surface area contributed by atoms with Crippen molar-refractivity contribution in [2.75, 3.05) is 6.26 Å². The molecule has 2 aromatic rings. The molecule has 0 spiro atoms. The van der Waals surface area contributed by atoms with Crippen molar-refractivity contribution in [3.8, 4) is 0 Å². The molecule has 0 saturated carbocycles. The molecule has 2 fully saturated rings. The predicted octanol–water partition coefficient (Wildman–Crippen LogP) is 3.03. The largest absolute Gasteiger partial charge is 0.335 e. The highest BCUT2D eigenvalue weighted by Crippen LogP contribution is 2.37. The van der Waals surface area contributed by atoms with E-state index >= 15 is 0 Å². The Kier molecular flexibility index (Phi) is 5.61. The van der Waals surface area contributed by atoms with E-state index in [9.17, 15) is 13.2 Å². The van der Waals surface area contributed by atoms with Crippen molar-refractivity contribution >= 4 is 16.1 Å². The van der Waals surface area contributed by atoms with Crippen LogP contribution in [0.25, 0.3) is 0 Å². The first-order valence-corrected chi connectivity index (χ1v) is 11.9. The number of benzene rings is 2. The zero-order valence-electron chi connectivity index (χ0n) is 16.5. The van der Waals surface area contributed by atoms with Crippen LogP contribution in [0.1, 0.15) is 42.9 Å². The van der Waals surface area contributed by atoms with Crippen molar-refractivity contribution in [3.05, 3.63) is 71.8 Å². The maximum Gasteiger partial charge on any atom is 0.315 e. The van der Waals surface area contributed by atoms with Gasteiger partial charge >= 0.3 is 6.03 Å². The molecule has 2 atom stereocenters. The number of urea groups is 1. The summed E-state index contributed by atoms with van der Waals surface area (Å²) in [6.07, 6.45) is 4.35. The van der Waals surface area contributed by atoms with Crippen LogP contribution in [0, 0.1) is 0 Å². The molecule has 2 heterocycles. The average Bonchev–Trinajstić information content (AvgIpc) is 3.00. The van der Waals surface area contributed by atoms with Gasteiger partial charge in [0.15, 0.2) is 0 Å². The molecule has 29 heavy (non-hydrogen) atoms. The number of nitrogens with one attached hydrogen (secondary N) is 2. The molecule has 2 unspecified atom stereocenters. The van der Waals surface area contributed by atoms with Gasteiger partial charge in [0.05, 0.1) is 12.3 Å². The van der Waals surface area contributed by atoms with E-state index in [1.165, 1.54) is 6.26 Å². The van der Waals surface area contributed by atoms with E-state index in [4.69, 9.17) is 0 Å². The maximum absolute atomic E-state index is 12.8. The topological polar surface area (TPSA) is 78.5 Å². The number of amides is 2. The van der Waals surface area contributed by atoms with Gasteiger partial charge < -0.3 is 10.6 Å². The summed E-state index contributed by atoms with van der Waals surface area (Å²) in [7, 11) is -3.20. The monoisotopic (exact) mass is 413 g/mol. The van der Waals surface area contributed by atoms with E-state index in [0.29, 0.717) is 12.8 Å². The lowest BCUT2D eigenvalue weighted by molar-refractivity contribution is 0.198. The lowest BCUT2D eigenvalue weighted by atomic mass is 9.98. The van der Waals surface area contributed by atoms with Crippen LogP contribution < -0.4 is 10.6 Å². The molecule has 7 heteroatoms. The second-order valence-corrected chi connectivity index (χ2v) is 9.91. The fraction of sp³-hybridized carbons (Fsp3) is 0.409. The van der Waals surface area contributed by atoms with Crippen molar-refractivity contribution in [3.63, 3.8) is 0 Å². The van der Waals surface area contributed by atoms with Gasteiger partial charge in [-0.2, -0.15) is 4.31 Å². The molecule has 2 aromatic carbocycles. The van der Waals surface area contributed by atoms with Gasteiger partial charge in [0.25, 0.3) is 0 Å². The van der Waals surface area contributed by atoms with Crippen LogP contribution in [-0.2, 0) is 10.0 Å². The highest BCUT2D eigenvalue weighted by atomic mass is 32.2. The molecule has 0 aromatic heterocycles. The van der Waals surface area contributed by atoms with Gasteiger partial charge in [-0.05, 0) is 36.8 Å². The number of hydrogen-bond donors (Lipinski definition) is 2. The minimum absolute atomic E-state index is 0.00639. The highest BCUT2D eigenvalue weighted by Gasteiger charge is 2.45. The summed E-state index contributed by atoms with van der Waals surface area (Å²) >= 11 is 0. The van der Waals surface area contributed by atoms with Crippen molar-refractivity contribution in [1.29, 1.82) is 0 Å². The molecule has 2 N–H and O–H groups in total. The van der Waals surface area contributed by atoms with Gasteiger partial charge in [0.1, 0.15) is 0 Å². The van der Waals surface area contributed by atoms with Crippen LogP contribution in [0.2, 0.25) is 0 Å². The van der Waals surface area contributed by atoms with E-state index in [0.717, 1.165) is 24.0 Å². The Hall–Kier alpha value is -2.38. The second kappa shape index (κ2) is 8.16. The molecule has 6 nitrogen and oxygen atoms in total. The molecule has 2 bridgehead atoms. The van der Waals surface area contributed by atoms with Crippen molar-refractivity contribution in [2.24, 2.45) is 0 Å². The molecule has 2 amide bonds. The number of rotatable bonds is 5. The van der Waals surface area contributed by atoms with Crippen LogP contribution in [0.15, 0.2) is 60.7 Å². The highest BCUT2D eigenvalue weighted by molar-refractivity contribution is 7.88. The van der Waals surface area contributed by atoms with E-state index in [-0.39, 0.29) is 30.2 Å². The van der Waals surface area contributed by atoms with E-state index in [1.807, 2.05) is 60.7 Å². The standard InChI is InChI=1S/C22H27N3O3S/c1-29(27,28)25-19-12-13-20(25)15-18(14-19)23-22(26)24-21(16-8-4-2-5-9-16)17-10-6-3-7-11-17/h2-11,18-21H,12-15H2,1H3,(H2,23,24,26). The Morgan fingerprint density at radius 2 is 1.41 bits per heavy atom. The molecular formula is C22H27N3O3S. The van der Waals surface area contributed by atoms with Crippen LogP contribution in [0.5, 0.6) is 0 Å². The predicted molar refractivity (Wildman–Crippen MR) is 113 cm³/mol. The van der Waals surface area contributed by atoms with E-state index < -0.39 is 10.0 Å². The number of fused-ring (bicyclic) bond motifs is 2. The number of piperidine rings is 1. The summed E-state index contributed by atoms with van der Waals surface area (Å²) in [5, 5.41) is 6.20. The van der Waals surface area contributed by atoms with Gasteiger partial charge in [-0.3, -0.25) is 0 Å². The fourth-order valence-corrected chi connectivity index (χ4v) is 6.27. The fourth-order valence-electron chi connectivity index (χ4n) is 4.80. The van der Waals surface area contributed by atoms with Gasteiger partial charge in [0, 0.05) is 18.1 Å². The molecular weight excluding hydrogens is 386 g/mol. The van der Waals surface area contributed by atoms with Crippen molar-refractivity contribution in [1.82, 2.24) is 14.9 Å². The third kappa shape index (κ3) is 4.46. The maximum atomic E-state index is 12.8. The van der Waals surface area contributed by atoms with Gasteiger partial charge in [0.2, 0.25) is 10.0 Å². The smallest absolute Gasteiger partial charge is 0.315 e. The zero-order chi connectivity index (χ0) is 20.4. The summed E-state index contributed by atoms with van der Waals surface area (Å²) in [4.78, 5) is 12.8. The molecule has 2 saturated heterocycles. The van der Waals surface area contributed by atoms with Crippen molar-refractivity contribution in [2.45, 2.75) is 49.9 Å². The summed E-state index contributed by atoms with van der Waals surface area (Å²) in [6, 6.07) is 19.3. The van der Waals surface area contributed by atoms with Crippen LogP contribution >= 0.6 is 0 Å². The molecule has 4 rings (SSSR count). The average molecular weight is 414 g/mol. The third-order valence-corrected chi connectivity index (χ3v) is 7.29. The summed E-state index contributed by atoms with van der Waals surface area (Å²) in [6.45, 7) is 0. The quantitative estimate of drug-likeness (QED) is 0.791. The zero-order valence-corrected chi connectivity index (χ0v) is 17.3. The van der Waals surface area contributed by atoms with E-state index in [1.54, 1.807) is 4.31 Å². The van der Waals surface area contributed by atoms with E-state index in [2.05, 4.69) is 10.6 Å². The molecule has 0 radical (unpaired) electrons. The minimum atomic E-state index is -3.20. The number of sulfonamides is 1. The van der Waals surface area contributed by atoms with Gasteiger partial charge in [-0.15, -0.1) is 0 Å². The number of carbonyl (C=O) groups is 1. The molecule has 2 aliphatic rings. The van der Waals surface area contributed by atoms with Gasteiger partial charge in [-0.1, -0.05) is 60.7 Å². The number of nitrogens with zero attached hydrogens (tertiary/aromatic N) is 1. The van der Waals surface area contributed by atoms with Crippen LogP contribution in [-0.4, -0.2) is 43.1 Å². The van der Waals surface area contributed by atoms with Crippen LogP contribution in [0.3, 0.4) is 0 Å². The lowest BCUT2D eigenvalue weighted by Crippen LogP contribution is -2.53. The summed E-state index contributed by atoms with van der Waals surface area (Å²) in [5.74, 6) is 0. The Morgan fingerprint density at radius 3 is 1.86 bits per heavy atom. The van der Waals surface area contributed by atoms with Crippen LogP contribution in [0.4, 0.5) is 4.79 Å². The Labute approximate surface area is 172 Å². The molecule has 154 valence electrons. The first kappa shape index (κ1) is 19.9. The summed E-state index contributed by atoms with van der Waals surface area (Å²) < 4.78 is 25.8. The lowest BCUT2D eigenvalue weighted by Gasteiger charge is -2.37. The second-order valence-electron chi connectivity index (χ2n) is 8.02. The Morgan fingerprint density at radius 1 is 0.931 bits per heavy atom. The normalized spacial score (nSPS) is 24.4. The SMILES string of the molecule is CS(=O)(=O)N1C2CCC1CC(NC(=O)NC(c1ccccc1)c1ccccc1)C2. The number of hydrogen-bond acceptors (Lipinski definition) is 3. The number of carbonyl (C=O) groups excluding carboxylic acids is 1. The minimum Gasteiger partial charge on any atom is -0.335 e. The first-order valence-electron chi connectivity index (χ1n) is 10.1. The van der Waals surface area contributed by atoms with Crippen molar-refractivity contribution < 1.29 is 13.2 Å². The molecule has 2 aliphatic heterocycles. The Bertz CT molecular complexity index is 896.